The summed E-state index contributed by atoms with van der Waals surface area (Å²) in [5.41, 5.74) is 5.93. The van der Waals surface area contributed by atoms with Crippen molar-refractivity contribution in [1.82, 2.24) is 4.98 Å². The number of furan rings is 1. The molecule has 3 aromatic carbocycles. The summed E-state index contributed by atoms with van der Waals surface area (Å²) in [6.07, 6.45) is 2.98. The van der Waals surface area contributed by atoms with Gasteiger partial charge < -0.3 is 14.5 Å². The zero-order valence-electron chi connectivity index (χ0n) is 19.4. The molecule has 5 rings (SSSR count). The molecular weight excluding hydrogens is 615 g/mol. The predicted octanol–water partition coefficient (Wildman–Crippen LogP) is 7.66. The first-order valence-electron chi connectivity index (χ1n) is 10.9. The Hall–Kier alpha value is -3.79. The van der Waals surface area contributed by atoms with Crippen molar-refractivity contribution in [2.24, 2.45) is 0 Å². The maximum Gasteiger partial charge on any atom is 0.155 e. The molecule has 35 heavy (non-hydrogen) atoms. The van der Waals surface area contributed by atoms with Crippen molar-refractivity contribution < 1.29 is 34.4 Å². The van der Waals surface area contributed by atoms with Crippen molar-refractivity contribution in [1.29, 1.82) is 0 Å². The maximum atomic E-state index is 10.0. The number of ketones is 1. The van der Waals surface area contributed by atoms with Gasteiger partial charge >= 0.3 is 0 Å². The molecule has 0 fully saturated rings. The van der Waals surface area contributed by atoms with Crippen LogP contribution in [0.2, 0.25) is 0 Å². The smallest absolute Gasteiger partial charge is 0.155 e. The number of hydrogen-bond donors (Lipinski definition) is 1. The van der Waals surface area contributed by atoms with Gasteiger partial charge in [-0.15, -0.1) is 35.9 Å². The Kier molecular flexibility index (Phi) is 8.91. The van der Waals surface area contributed by atoms with E-state index in [2.05, 4.69) is 53.5 Å². The number of aliphatic hydroxyl groups is 1. The fourth-order valence-corrected chi connectivity index (χ4v) is 3.68. The Labute approximate surface area is 218 Å². The second-order valence-corrected chi connectivity index (χ2v) is 7.78. The molecule has 1 N–H and O–H groups in total. The molecule has 2 aromatic heterocycles. The predicted molar refractivity (Wildman–Crippen MR) is 136 cm³/mol. The minimum atomic E-state index is -0.125. The zero-order valence-corrected chi connectivity index (χ0v) is 21.8. The number of rotatable bonds is 4. The minimum absolute atomic E-state index is 0. The third kappa shape index (κ3) is 6.42. The summed E-state index contributed by atoms with van der Waals surface area (Å²) in [5.74, 6) is 0.806. The van der Waals surface area contributed by atoms with Crippen LogP contribution in [0.5, 0.6) is 0 Å². The molecule has 4 nitrogen and oxygen atoms in total. The molecule has 1 radical (unpaired) electrons. The standard InChI is InChI=1S/C25H16NO.C5H8O2.Ir/c1-4-10-18(11-5-1)22-16-21-23(17-26-22)27-25(20-14-8-3-9-15-20)24(21)19-12-6-2-7-13-19;1-4(6)3-5(2)7;/h1-10,12-17H;3,6H,1-2H3;/q-1;;/b;4-3-;. The second-order valence-electron chi connectivity index (χ2n) is 7.78. The molecule has 0 amide bonds. The minimum Gasteiger partial charge on any atom is -0.512 e. The fraction of sp³-hybridized carbons (Fsp3) is 0.0667. The van der Waals surface area contributed by atoms with Gasteiger partial charge in [-0.3, -0.25) is 4.79 Å². The van der Waals surface area contributed by atoms with Gasteiger partial charge in [0.1, 0.15) is 5.76 Å². The molecule has 0 aliphatic carbocycles. The summed E-state index contributed by atoms with van der Waals surface area (Å²) in [6.45, 7) is 2.85. The van der Waals surface area contributed by atoms with Crippen LogP contribution in [0.25, 0.3) is 44.7 Å². The van der Waals surface area contributed by atoms with Gasteiger partial charge in [0.25, 0.3) is 0 Å². The molecule has 2 heterocycles. The number of aliphatic hydroxyl groups excluding tert-OH is 1. The van der Waals surface area contributed by atoms with Gasteiger partial charge in [-0.05, 0) is 25.1 Å². The maximum absolute atomic E-state index is 10.0. The van der Waals surface area contributed by atoms with Crippen LogP contribution < -0.4 is 0 Å². The van der Waals surface area contributed by atoms with Crippen LogP contribution >= 0.6 is 0 Å². The zero-order chi connectivity index (χ0) is 23.9. The first kappa shape index (κ1) is 25.8. The molecule has 0 bridgehead atoms. The first-order chi connectivity index (χ1) is 16.5. The molecule has 0 saturated heterocycles. The van der Waals surface area contributed by atoms with E-state index in [1.54, 1.807) is 0 Å². The summed E-state index contributed by atoms with van der Waals surface area (Å²) in [6, 6.07) is 33.8. The molecule has 177 valence electrons. The topological polar surface area (TPSA) is 63.3 Å². The van der Waals surface area contributed by atoms with Crippen molar-refractivity contribution in [2.45, 2.75) is 13.8 Å². The molecule has 5 aromatic rings. The average Bonchev–Trinajstić information content (AvgIpc) is 3.24. The summed E-state index contributed by atoms with van der Waals surface area (Å²) >= 11 is 0. The molecule has 0 spiro atoms. The van der Waals surface area contributed by atoms with Crippen LogP contribution in [0.15, 0.2) is 113 Å². The average molecular weight is 639 g/mol. The Morgan fingerprint density at radius 2 is 1.54 bits per heavy atom. The summed E-state index contributed by atoms with van der Waals surface area (Å²) in [4.78, 5) is 14.6. The van der Waals surface area contributed by atoms with E-state index in [9.17, 15) is 4.79 Å². The third-order valence-electron chi connectivity index (χ3n) is 5.07. The van der Waals surface area contributed by atoms with E-state index in [4.69, 9.17) is 9.52 Å². The molecular formula is C30H24IrNO3-. The molecule has 0 atom stereocenters. The van der Waals surface area contributed by atoms with Crippen LogP contribution in [-0.4, -0.2) is 15.9 Å². The number of aromatic nitrogens is 1. The molecule has 0 saturated carbocycles. The monoisotopic (exact) mass is 639 g/mol. The number of fused-ring (bicyclic) bond motifs is 1. The van der Waals surface area contributed by atoms with Crippen molar-refractivity contribution in [3.05, 3.63) is 115 Å². The van der Waals surface area contributed by atoms with E-state index < -0.39 is 0 Å². The van der Waals surface area contributed by atoms with Crippen molar-refractivity contribution in [2.75, 3.05) is 0 Å². The van der Waals surface area contributed by atoms with Gasteiger partial charge in [-0.25, -0.2) is 0 Å². The van der Waals surface area contributed by atoms with Gasteiger partial charge in [-0.1, -0.05) is 66.7 Å². The quantitative estimate of drug-likeness (QED) is 0.125. The number of allylic oxidation sites excluding steroid dienone is 2. The van der Waals surface area contributed by atoms with E-state index in [1.807, 2.05) is 54.7 Å². The number of pyridine rings is 1. The second kappa shape index (κ2) is 12.1. The van der Waals surface area contributed by atoms with Gasteiger partial charge in [-0.2, -0.15) is 0 Å². The van der Waals surface area contributed by atoms with E-state index in [-0.39, 0.29) is 31.6 Å². The summed E-state index contributed by atoms with van der Waals surface area (Å²) in [7, 11) is 0. The van der Waals surface area contributed by atoms with Gasteiger partial charge in [0.15, 0.2) is 11.4 Å². The third-order valence-corrected chi connectivity index (χ3v) is 5.07. The number of benzene rings is 3. The number of carbonyl (C=O) groups excluding carboxylic acids is 1. The molecule has 0 unspecified atom stereocenters. The summed E-state index contributed by atoms with van der Waals surface area (Å²) in [5, 5.41) is 9.42. The summed E-state index contributed by atoms with van der Waals surface area (Å²) < 4.78 is 6.26. The number of nitrogens with zero attached hydrogens (tertiary/aromatic N) is 1. The largest absolute Gasteiger partial charge is 0.512 e. The molecule has 5 heteroatoms. The van der Waals surface area contributed by atoms with Crippen LogP contribution in [0.1, 0.15) is 13.8 Å². The Morgan fingerprint density at radius 3 is 2.09 bits per heavy atom. The molecule has 0 aliphatic rings. The fourth-order valence-electron chi connectivity index (χ4n) is 3.68. The van der Waals surface area contributed by atoms with Crippen LogP contribution in [0.3, 0.4) is 0 Å². The van der Waals surface area contributed by atoms with E-state index in [0.717, 1.165) is 44.7 Å². The Balaban J connectivity index is 0.000000378. The number of carbonyl (C=O) groups is 1. The Morgan fingerprint density at radius 1 is 0.914 bits per heavy atom. The normalized spacial score (nSPS) is 10.7. The van der Waals surface area contributed by atoms with E-state index in [0.29, 0.717) is 0 Å². The SMILES string of the molecule is CC(=O)/C=C(/C)O.[Ir].[c-]1ccccc1-c1cc2c(-c3ccccc3)c(-c3ccccc3)oc2cn1. The Bertz CT molecular complexity index is 1420. The number of hydrogen-bond acceptors (Lipinski definition) is 4. The van der Waals surface area contributed by atoms with Crippen molar-refractivity contribution in [3.63, 3.8) is 0 Å². The van der Waals surface area contributed by atoms with Gasteiger partial charge in [0.05, 0.1) is 12.0 Å². The van der Waals surface area contributed by atoms with E-state index in [1.165, 1.54) is 19.9 Å². The van der Waals surface area contributed by atoms with Crippen molar-refractivity contribution in [3.8, 4) is 33.7 Å². The molecule has 0 aliphatic heterocycles. The van der Waals surface area contributed by atoms with Crippen LogP contribution in [-0.2, 0) is 24.9 Å². The van der Waals surface area contributed by atoms with Gasteiger partial charge in [0, 0.05) is 42.7 Å². The van der Waals surface area contributed by atoms with Crippen molar-refractivity contribution >= 4 is 16.8 Å². The van der Waals surface area contributed by atoms with E-state index >= 15 is 0 Å². The first-order valence-corrected chi connectivity index (χ1v) is 10.9. The van der Waals surface area contributed by atoms with Gasteiger partial charge in [0.2, 0.25) is 0 Å². The van der Waals surface area contributed by atoms with Crippen LogP contribution in [0, 0.1) is 6.07 Å². The van der Waals surface area contributed by atoms with Crippen LogP contribution in [0.4, 0.5) is 0 Å².